The number of anilines is 1. The van der Waals surface area contributed by atoms with Crippen molar-refractivity contribution in [1.82, 2.24) is 19.9 Å². The molecule has 0 unspecified atom stereocenters. The summed E-state index contributed by atoms with van der Waals surface area (Å²) in [6.45, 7) is 5.45. The zero-order valence-electron chi connectivity index (χ0n) is 17.4. The number of aliphatic imine (C=N–C) groups is 1. The van der Waals surface area contributed by atoms with Crippen molar-refractivity contribution < 1.29 is 8.42 Å². The number of rotatable bonds is 8. The Labute approximate surface area is 200 Å². The van der Waals surface area contributed by atoms with Crippen molar-refractivity contribution in [3.8, 4) is 0 Å². The van der Waals surface area contributed by atoms with Crippen molar-refractivity contribution in [3.05, 3.63) is 36.0 Å². The predicted octanol–water partition coefficient (Wildman–Crippen LogP) is 2.21. The monoisotopic (exact) mass is 566 g/mol. The van der Waals surface area contributed by atoms with E-state index in [4.69, 9.17) is 0 Å². The Morgan fingerprint density at radius 2 is 2.07 bits per heavy atom. The first-order valence-corrected chi connectivity index (χ1v) is 12.3. The molecule has 3 rings (SSSR count). The van der Waals surface area contributed by atoms with Gasteiger partial charge in [0, 0.05) is 51.7 Å². The SMILES string of the molecule is CCNC(=NCCNS(=O)(=O)c1ccn(C)c1)NC1CCN(c2cccs2)CC1.I. The minimum atomic E-state index is -3.49. The van der Waals surface area contributed by atoms with Crippen LogP contribution in [0.1, 0.15) is 19.8 Å². The first kappa shape index (κ1) is 25.0. The lowest BCUT2D eigenvalue weighted by atomic mass is 10.1. The Kier molecular flexibility index (Phi) is 9.91. The summed E-state index contributed by atoms with van der Waals surface area (Å²) in [5.74, 6) is 0.737. The Morgan fingerprint density at radius 3 is 2.67 bits per heavy atom. The number of sulfonamides is 1. The third-order valence-electron chi connectivity index (χ3n) is 4.79. The van der Waals surface area contributed by atoms with E-state index in [0.29, 0.717) is 12.6 Å². The summed E-state index contributed by atoms with van der Waals surface area (Å²) in [5, 5.41) is 10.2. The smallest absolute Gasteiger partial charge is 0.242 e. The van der Waals surface area contributed by atoms with E-state index in [1.807, 2.05) is 6.92 Å². The van der Waals surface area contributed by atoms with Crippen molar-refractivity contribution in [3.63, 3.8) is 0 Å². The lowest BCUT2D eigenvalue weighted by molar-refractivity contribution is 0.463. The van der Waals surface area contributed by atoms with Crippen LogP contribution in [0.3, 0.4) is 0 Å². The van der Waals surface area contributed by atoms with Crippen molar-refractivity contribution >= 4 is 56.3 Å². The Hall–Kier alpha value is -1.31. The normalized spacial score (nSPS) is 15.7. The molecule has 1 saturated heterocycles. The van der Waals surface area contributed by atoms with Gasteiger partial charge in [-0.1, -0.05) is 0 Å². The lowest BCUT2D eigenvalue weighted by Gasteiger charge is -2.33. The molecule has 0 saturated carbocycles. The molecule has 0 amide bonds. The van der Waals surface area contributed by atoms with Crippen LogP contribution in [0.2, 0.25) is 0 Å². The molecule has 0 spiro atoms. The van der Waals surface area contributed by atoms with Crippen LogP contribution in [0.5, 0.6) is 0 Å². The first-order valence-electron chi connectivity index (χ1n) is 9.93. The van der Waals surface area contributed by atoms with Gasteiger partial charge < -0.3 is 20.1 Å². The third kappa shape index (κ3) is 7.13. The van der Waals surface area contributed by atoms with Crippen LogP contribution in [0.25, 0.3) is 0 Å². The van der Waals surface area contributed by atoms with E-state index < -0.39 is 10.0 Å². The van der Waals surface area contributed by atoms with E-state index in [1.165, 1.54) is 5.00 Å². The number of hydrogen-bond acceptors (Lipinski definition) is 5. The van der Waals surface area contributed by atoms with Gasteiger partial charge in [-0.25, -0.2) is 13.1 Å². The summed E-state index contributed by atoms with van der Waals surface area (Å²) in [5.41, 5.74) is 0. The highest BCUT2D eigenvalue weighted by molar-refractivity contribution is 14.0. The average molecular weight is 567 g/mol. The number of aryl methyl sites for hydroxylation is 1. The van der Waals surface area contributed by atoms with Gasteiger partial charge in [-0.05, 0) is 43.3 Å². The molecule has 8 nitrogen and oxygen atoms in total. The van der Waals surface area contributed by atoms with Gasteiger partial charge in [0.05, 0.1) is 16.4 Å². The van der Waals surface area contributed by atoms with Gasteiger partial charge >= 0.3 is 0 Å². The van der Waals surface area contributed by atoms with E-state index in [2.05, 4.69) is 42.8 Å². The summed E-state index contributed by atoms with van der Waals surface area (Å²) in [6.07, 6.45) is 5.38. The van der Waals surface area contributed by atoms with Crippen LogP contribution in [0.4, 0.5) is 5.00 Å². The maximum atomic E-state index is 12.3. The molecule has 0 aromatic carbocycles. The van der Waals surface area contributed by atoms with Crippen molar-refractivity contribution in [1.29, 1.82) is 0 Å². The van der Waals surface area contributed by atoms with E-state index in [9.17, 15) is 8.42 Å². The van der Waals surface area contributed by atoms with Crippen LogP contribution in [0.15, 0.2) is 45.9 Å². The molecule has 3 N–H and O–H groups in total. The molecule has 1 aliphatic rings. The van der Waals surface area contributed by atoms with Crippen LogP contribution >= 0.6 is 35.3 Å². The molecule has 30 heavy (non-hydrogen) atoms. The molecule has 168 valence electrons. The summed E-state index contributed by atoms with van der Waals surface area (Å²) < 4.78 is 28.8. The van der Waals surface area contributed by atoms with Crippen LogP contribution in [-0.4, -0.2) is 57.7 Å². The second-order valence-corrected chi connectivity index (χ2v) is 9.72. The van der Waals surface area contributed by atoms with Gasteiger partial charge in [0.15, 0.2) is 5.96 Å². The van der Waals surface area contributed by atoms with Crippen LogP contribution in [-0.2, 0) is 17.1 Å². The van der Waals surface area contributed by atoms with Crippen LogP contribution < -0.4 is 20.3 Å². The fourth-order valence-corrected chi connectivity index (χ4v) is 5.13. The molecule has 1 aliphatic heterocycles. The quantitative estimate of drug-likeness (QED) is 0.197. The number of thiophene rings is 1. The standard InChI is InChI=1S/C19H30N6O2S2.HI/c1-3-20-19(21-9-10-22-29(26,27)17-8-11-24(2)15-17)23-16-6-12-25(13-7-16)18-5-4-14-28-18;/h4-5,8,11,14-16,22H,3,6-7,9-10,12-13H2,1-2H3,(H2,20,21,23);1H. The van der Waals surface area contributed by atoms with Crippen molar-refractivity contribution in [2.45, 2.75) is 30.7 Å². The van der Waals surface area contributed by atoms with E-state index in [1.54, 1.807) is 41.4 Å². The number of aromatic nitrogens is 1. The fourth-order valence-electron chi connectivity index (χ4n) is 3.28. The molecular weight excluding hydrogens is 535 g/mol. The largest absolute Gasteiger partial charge is 0.363 e. The first-order chi connectivity index (χ1) is 14.0. The summed E-state index contributed by atoms with van der Waals surface area (Å²) in [4.78, 5) is 7.22. The highest BCUT2D eigenvalue weighted by Crippen LogP contribution is 2.24. The van der Waals surface area contributed by atoms with Gasteiger partial charge in [0.25, 0.3) is 0 Å². The molecule has 3 heterocycles. The molecule has 2 aromatic heterocycles. The zero-order chi connectivity index (χ0) is 20.7. The fraction of sp³-hybridized carbons (Fsp3) is 0.526. The number of nitrogens with one attached hydrogen (secondary N) is 3. The highest BCUT2D eigenvalue weighted by atomic mass is 127. The maximum Gasteiger partial charge on any atom is 0.242 e. The number of nitrogens with zero attached hydrogens (tertiary/aromatic N) is 3. The van der Waals surface area contributed by atoms with Crippen molar-refractivity contribution in [2.24, 2.45) is 12.0 Å². The van der Waals surface area contributed by atoms with Gasteiger partial charge in [0.1, 0.15) is 0 Å². The lowest BCUT2D eigenvalue weighted by Crippen LogP contribution is -2.48. The molecule has 1 fully saturated rings. The van der Waals surface area contributed by atoms with Gasteiger partial charge in [-0.15, -0.1) is 35.3 Å². The second-order valence-electron chi connectivity index (χ2n) is 7.03. The molecule has 2 aromatic rings. The highest BCUT2D eigenvalue weighted by Gasteiger charge is 2.20. The maximum absolute atomic E-state index is 12.3. The van der Waals surface area contributed by atoms with Gasteiger partial charge in [0.2, 0.25) is 10.0 Å². The van der Waals surface area contributed by atoms with Gasteiger partial charge in [-0.2, -0.15) is 0 Å². The Balaban J connectivity index is 0.00000320. The number of guanidine groups is 1. The summed E-state index contributed by atoms with van der Waals surface area (Å²) >= 11 is 1.78. The van der Waals surface area contributed by atoms with Crippen molar-refractivity contribution in [2.75, 3.05) is 37.6 Å². The molecule has 0 aliphatic carbocycles. The summed E-state index contributed by atoms with van der Waals surface area (Å²) in [6, 6.07) is 6.21. The topological polar surface area (TPSA) is 90.8 Å². The Bertz CT molecular complexity index is 890. The molecular formula is C19H31IN6O2S2. The Morgan fingerprint density at radius 1 is 1.30 bits per heavy atom. The second kappa shape index (κ2) is 11.9. The van der Waals surface area contributed by atoms with Gasteiger partial charge in [-0.3, -0.25) is 4.99 Å². The summed E-state index contributed by atoms with van der Waals surface area (Å²) in [7, 11) is -1.70. The zero-order valence-corrected chi connectivity index (χ0v) is 21.3. The molecule has 0 bridgehead atoms. The molecule has 11 heteroatoms. The van der Waals surface area contributed by atoms with Crippen LogP contribution in [0, 0.1) is 0 Å². The molecule has 0 atom stereocenters. The third-order valence-corrected chi connectivity index (χ3v) is 7.16. The average Bonchev–Trinajstić information content (AvgIpc) is 3.38. The van der Waals surface area contributed by atoms with E-state index >= 15 is 0 Å². The molecule has 0 radical (unpaired) electrons. The number of halogens is 1. The number of piperidine rings is 1. The van der Waals surface area contributed by atoms with E-state index in [-0.39, 0.29) is 35.4 Å². The number of hydrogen-bond donors (Lipinski definition) is 3. The predicted molar refractivity (Wildman–Crippen MR) is 135 cm³/mol. The van der Waals surface area contributed by atoms with E-state index in [0.717, 1.165) is 38.4 Å². The minimum absolute atomic E-state index is 0. The minimum Gasteiger partial charge on any atom is -0.363 e.